The van der Waals surface area contributed by atoms with Gasteiger partial charge in [0.1, 0.15) is 12.4 Å². The smallest absolute Gasteiger partial charge is 0.246 e. The first-order valence-electron chi connectivity index (χ1n) is 9.25. The van der Waals surface area contributed by atoms with Crippen LogP contribution in [0.2, 0.25) is 0 Å². The molecule has 2 heterocycles. The molecule has 0 bridgehead atoms. The Morgan fingerprint density at radius 2 is 1.64 bits per heavy atom. The SMILES string of the molecule is CC(C)(c1ccccc1)c1cccc(ON2C=CN(c3ccccc3O)C2)n1. The van der Waals surface area contributed by atoms with Crippen LogP contribution >= 0.6 is 0 Å². The molecule has 0 unspecified atom stereocenters. The molecular weight excluding hydrogens is 350 g/mol. The van der Waals surface area contributed by atoms with E-state index in [1.807, 2.05) is 65.8 Å². The number of phenolic OH excluding ortho intramolecular Hbond substituents is 1. The highest BCUT2D eigenvalue weighted by Crippen LogP contribution is 2.32. The van der Waals surface area contributed by atoms with Crippen molar-refractivity contribution in [3.8, 4) is 11.6 Å². The molecule has 0 atom stereocenters. The highest BCUT2D eigenvalue weighted by molar-refractivity contribution is 5.60. The normalized spacial score (nSPS) is 13.8. The Morgan fingerprint density at radius 3 is 2.43 bits per heavy atom. The second-order valence-electron chi connectivity index (χ2n) is 7.26. The molecule has 0 fully saturated rings. The number of hydrogen-bond donors (Lipinski definition) is 1. The number of hydroxylamine groups is 2. The van der Waals surface area contributed by atoms with Crippen LogP contribution in [0, 0.1) is 0 Å². The van der Waals surface area contributed by atoms with Crippen LogP contribution in [0.4, 0.5) is 5.69 Å². The van der Waals surface area contributed by atoms with Gasteiger partial charge in [0, 0.05) is 17.7 Å². The largest absolute Gasteiger partial charge is 0.506 e. The third-order valence-electron chi connectivity index (χ3n) is 4.97. The van der Waals surface area contributed by atoms with Crippen LogP contribution in [-0.4, -0.2) is 21.8 Å². The van der Waals surface area contributed by atoms with Crippen LogP contribution < -0.4 is 9.74 Å². The van der Waals surface area contributed by atoms with E-state index >= 15 is 0 Å². The summed E-state index contributed by atoms with van der Waals surface area (Å²) >= 11 is 0. The summed E-state index contributed by atoms with van der Waals surface area (Å²) in [6.07, 6.45) is 3.69. The second kappa shape index (κ2) is 7.27. The highest BCUT2D eigenvalue weighted by Gasteiger charge is 2.25. The van der Waals surface area contributed by atoms with Gasteiger partial charge >= 0.3 is 0 Å². The van der Waals surface area contributed by atoms with Crippen LogP contribution in [0.15, 0.2) is 85.2 Å². The minimum Gasteiger partial charge on any atom is -0.506 e. The molecule has 0 saturated heterocycles. The summed E-state index contributed by atoms with van der Waals surface area (Å²) in [5.74, 6) is 0.768. The average molecular weight is 373 g/mol. The quantitative estimate of drug-likeness (QED) is 0.705. The molecule has 3 aromatic rings. The Bertz CT molecular complexity index is 986. The van der Waals surface area contributed by atoms with E-state index in [2.05, 4.69) is 26.0 Å². The fourth-order valence-electron chi connectivity index (χ4n) is 3.26. The van der Waals surface area contributed by atoms with Gasteiger partial charge in [-0.1, -0.05) is 62.4 Å². The lowest BCUT2D eigenvalue weighted by Gasteiger charge is -2.26. The molecule has 0 aliphatic carbocycles. The predicted octanol–water partition coefficient (Wildman–Crippen LogP) is 4.66. The molecule has 0 saturated carbocycles. The zero-order valence-corrected chi connectivity index (χ0v) is 16.0. The first kappa shape index (κ1) is 17.9. The van der Waals surface area contributed by atoms with Crippen LogP contribution in [0.3, 0.4) is 0 Å². The molecule has 1 aromatic heterocycles. The van der Waals surface area contributed by atoms with Crippen molar-refractivity contribution in [2.75, 3.05) is 11.6 Å². The lowest BCUT2D eigenvalue weighted by Crippen LogP contribution is -2.28. The van der Waals surface area contributed by atoms with Gasteiger partial charge in [0.2, 0.25) is 5.88 Å². The maximum absolute atomic E-state index is 10.0. The Kier molecular flexibility index (Phi) is 4.65. The molecular formula is C23H23N3O2. The standard InChI is InChI=1S/C23H23N3O2/c1-23(2,18-9-4-3-5-10-18)21-13-8-14-22(24-21)28-26-16-15-25(17-26)19-11-6-7-12-20(19)27/h3-16,27H,17H2,1-2H3. The fourth-order valence-corrected chi connectivity index (χ4v) is 3.26. The third kappa shape index (κ3) is 3.51. The summed E-state index contributed by atoms with van der Waals surface area (Å²) < 4.78 is 0. The first-order valence-corrected chi connectivity index (χ1v) is 9.25. The van der Waals surface area contributed by atoms with Gasteiger partial charge in [0.05, 0.1) is 17.6 Å². The number of phenols is 1. The molecule has 1 aliphatic rings. The van der Waals surface area contributed by atoms with Crippen molar-refractivity contribution in [1.29, 1.82) is 0 Å². The van der Waals surface area contributed by atoms with E-state index in [1.165, 1.54) is 5.56 Å². The van der Waals surface area contributed by atoms with Gasteiger partial charge < -0.3 is 14.8 Å². The first-order chi connectivity index (χ1) is 13.5. The average Bonchev–Trinajstić information content (AvgIpc) is 3.17. The van der Waals surface area contributed by atoms with Gasteiger partial charge in [0.15, 0.2) is 0 Å². The topological polar surface area (TPSA) is 48.8 Å². The molecule has 5 nitrogen and oxygen atoms in total. The highest BCUT2D eigenvalue weighted by atomic mass is 16.7. The number of anilines is 1. The molecule has 1 N–H and O–H groups in total. The van der Waals surface area contributed by atoms with Gasteiger partial charge in [-0.3, -0.25) is 0 Å². The number of nitrogens with zero attached hydrogens (tertiary/aromatic N) is 3. The van der Waals surface area contributed by atoms with E-state index in [9.17, 15) is 5.11 Å². The molecule has 1 aliphatic heterocycles. The molecule has 142 valence electrons. The van der Waals surface area contributed by atoms with Crippen molar-refractivity contribution in [1.82, 2.24) is 10.0 Å². The van der Waals surface area contributed by atoms with Crippen molar-refractivity contribution in [3.05, 3.63) is 96.5 Å². The van der Waals surface area contributed by atoms with Gasteiger partial charge in [-0.15, -0.1) is 0 Å². The van der Waals surface area contributed by atoms with Crippen LogP contribution in [0.5, 0.6) is 11.6 Å². The number of para-hydroxylation sites is 2. The third-order valence-corrected chi connectivity index (χ3v) is 4.97. The number of rotatable bonds is 5. The molecule has 28 heavy (non-hydrogen) atoms. The predicted molar refractivity (Wildman–Crippen MR) is 110 cm³/mol. The lowest BCUT2D eigenvalue weighted by atomic mass is 9.81. The molecule has 5 heteroatoms. The van der Waals surface area contributed by atoms with Crippen LogP contribution in [0.1, 0.15) is 25.1 Å². The number of benzene rings is 2. The van der Waals surface area contributed by atoms with Crippen LogP contribution in [0.25, 0.3) is 0 Å². The molecule has 0 radical (unpaired) electrons. The maximum Gasteiger partial charge on any atom is 0.246 e. The lowest BCUT2D eigenvalue weighted by molar-refractivity contribution is -0.00216. The van der Waals surface area contributed by atoms with E-state index in [-0.39, 0.29) is 11.2 Å². The van der Waals surface area contributed by atoms with Gasteiger partial charge in [-0.25, -0.2) is 4.98 Å². The zero-order chi connectivity index (χ0) is 19.6. The minimum absolute atomic E-state index is 0.233. The van der Waals surface area contributed by atoms with Crippen molar-refractivity contribution in [2.24, 2.45) is 0 Å². The van der Waals surface area contributed by atoms with E-state index < -0.39 is 0 Å². The monoisotopic (exact) mass is 373 g/mol. The van der Waals surface area contributed by atoms with E-state index in [1.54, 1.807) is 17.2 Å². The van der Waals surface area contributed by atoms with Crippen molar-refractivity contribution < 1.29 is 9.94 Å². The maximum atomic E-state index is 10.0. The Morgan fingerprint density at radius 1 is 0.893 bits per heavy atom. The van der Waals surface area contributed by atoms with Gasteiger partial charge in [-0.05, 0) is 23.8 Å². The Balaban J connectivity index is 1.49. The molecule has 4 rings (SSSR count). The number of aromatic hydroxyl groups is 1. The summed E-state index contributed by atoms with van der Waals surface area (Å²) in [6, 6.07) is 23.4. The number of pyridine rings is 1. The van der Waals surface area contributed by atoms with Crippen molar-refractivity contribution >= 4 is 5.69 Å². The van der Waals surface area contributed by atoms with Crippen LogP contribution in [-0.2, 0) is 5.41 Å². The molecule has 0 spiro atoms. The van der Waals surface area contributed by atoms with E-state index in [0.29, 0.717) is 12.5 Å². The van der Waals surface area contributed by atoms with E-state index in [4.69, 9.17) is 9.82 Å². The van der Waals surface area contributed by atoms with Gasteiger partial charge in [-0.2, -0.15) is 5.06 Å². The summed E-state index contributed by atoms with van der Waals surface area (Å²) in [6.45, 7) is 4.78. The minimum atomic E-state index is -0.233. The summed E-state index contributed by atoms with van der Waals surface area (Å²) in [5, 5.41) is 11.7. The molecule has 2 aromatic carbocycles. The van der Waals surface area contributed by atoms with Gasteiger partial charge in [0.25, 0.3) is 0 Å². The Labute approximate surface area is 165 Å². The summed E-state index contributed by atoms with van der Waals surface area (Å²) in [4.78, 5) is 12.6. The zero-order valence-electron chi connectivity index (χ0n) is 16.0. The Hall–Kier alpha value is -3.47. The number of aromatic nitrogens is 1. The fraction of sp³-hybridized carbons (Fsp3) is 0.174. The number of hydrogen-bond acceptors (Lipinski definition) is 5. The summed E-state index contributed by atoms with van der Waals surface area (Å²) in [7, 11) is 0. The van der Waals surface area contributed by atoms with Crippen molar-refractivity contribution in [2.45, 2.75) is 19.3 Å². The second-order valence-corrected chi connectivity index (χ2v) is 7.26. The molecule has 0 amide bonds. The summed E-state index contributed by atoms with van der Waals surface area (Å²) in [5.41, 5.74) is 2.64. The van der Waals surface area contributed by atoms with Crippen molar-refractivity contribution in [3.63, 3.8) is 0 Å². The van der Waals surface area contributed by atoms with E-state index in [0.717, 1.165) is 11.4 Å².